The van der Waals surface area contributed by atoms with Crippen molar-refractivity contribution in [2.24, 2.45) is 9.98 Å². The van der Waals surface area contributed by atoms with Gasteiger partial charge in [-0.25, -0.2) is 0 Å². The van der Waals surface area contributed by atoms with Gasteiger partial charge in [0.15, 0.2) is 0 Å². The van der Waals surface area contributed by atoms with Crippen LogP contribution in [-0.2, 0) is 4.74 Å². The van der Waals surface area contributed by atoms with Gasteiger partial charge in [0.2, 0.25) is 0 Å². The van der Waals surface area contributed by atoms with E-state index in [1.54, 1.807) is 12.4 Å². The first-order chi connectivity index (χ1) is 8.02. The van der Waals surface area contributed by atoms with Gasteiger partial charge < -0.3 is 4.74 Å². The molecule has 0 saturated heterocycles. The van der Waals surface area contributed by atoms with Crippen molar-refractivity contribution in [3.63, 3.8) is 0 Å². The van der Waals surface area contributed by atoms with Gasteiger partial charge in [-0.1, -0.05) is 12.2 Å². The highest BCUT2D eigenvalue weighted by Gasteiger charge is 2.17. The van der Waals surface area contributed by atoms with Crippen LogP contribution in [0.15, 0.2) is 34.5 Å². The predicted octanol–water partition coefficient (Wildman–Crippen LogP) is 3.77. The molecule has 0 spiro atoms. The molecule has 0 aliphatic heterocycles. The summed E-state index contributed by atoms with van der Waals surface area (Å²) in [6.07, 6.45) is 7.33. The molecule has 0 radical (unpaired) electrons. The molecule has 0 bridgehead atoms. The monoisotopic (exact) mass is 236 g/mol. The lowest BCUT2D eigenvalue weighted by molar-refractivity contribution is 0.0803. The number of aliphatic imine (C=N–C) groups is 2. The average molecular weight is 236 g/mol. The normalized spacial score (nSPS) is 16.4. The van der Waals surface area contributed by atoms with Crippen LogP contribution < -0.4 is 0 Å². The molecule has 0 unspecified atom stereocenters. The summed E-state index contributed by atoms with van der Waals surface area (Å²) in [5.74, 6) is 0. The number of nitrogens with zero attached hydrogens (tertiary/aromatic N) is 2. The van der Waals surface area contributed by atoms with Crippen molar-refractivity contribution in [2.45, 2.75) is 53.8 Å². The molecule has 0 aliphatic carbocycles. The third-order valence-electron chi connectivity index (χ3n) is 2.02. The van der Waals surface area contributed by atoms with Crippen molar-refractivity contribution in [1.82, 2.24) is 0 Å². The van der Waals surface area contributed by atoms with E-state index in [0.717, 1.165) is 11.4 Å². The molecule has 0 aromatic carbocycles. The highest BCUT2D eigenvalue weighted by Crippen LogP contribution is 2.05. The SMILES string of the molecule is C/C=C\N=C(/C)C(OC(C)C)/C(C)=N/C=C\C. The molecular formula is C14H24N2O. The van der Waals surface area contributed by atoms with Gasteiger partial charge in [-0.2, -0.15) is 0 Å². The molecule has 96 valence electrons. The molecule has 0 heterocycles. The Bertz CT molecular complexity index is 297. The Balaban J connectivity index is 4.99. The first kappa shape index (κ1) is 15.8. The summed E-state index contributed by atoms with van der Waals surface area (Å²) >= 11 is 0. The number of hydrogen-bond donors (Lipinski definition) is 0. The van der Waals surface area contributed by atoms with Crippen LogP contribution >= 0.6 is 0 Å². The molecule has 0 N–H and O–H groups in total. The van der Waals surface area contributed by atoms with Crippen LogP contribution in [0.25, 0.3) is 0 Å². The molecular weight excluding hydrogens is 212 g/mol. The Morgan fingerprint density at radius 3 is 1.65 bits per heavy atom. The Morgan fingerprint density at radius 2 is 1.35 bits per heavy atom. The third-order valence-corrected chi connectivity index (χ3v) is 2.02. The zero-order valence-electron chi connectivity index (χ0n) is 11.8. The van der Waals surface area contributed by atoms with Crippen LogP contribution in [-0.4, -0.2) is 23.6 Å². The predicted molar refractivity (Wildman–Crippen MR) is 75.9 cm³/mol. The summed E-state index contributed by atoms with van der Waals surface area (Å²) in [7, 11) is 0. The minimum atomic E-state index is -0.151. The van der Waals surface area contributed by atoms with Crippen molar-refractivity contribution in [3.05, 3.63) is 24.6 Å². The smallest absolute Gasteiger partial charge is 0.133 e. The fraction of sp³-hybridized carbons (Fsp3) is 0.571. The Kier molecular flexibility index (Phi) is 8.24. The van der Waals surface area contributed by atoms with E-state index >= 15 is 0 Å². The van der Waals surface area contributed by atoms with Gasteiger partial charge in [0.1, 0.15) is 6.10 Å². The summed E-state index contributed by atoms with van der Waals surface area (Å²) in [5, 5.41) is 0. The standard InChI is InChI=1S/C14H24N2O/c1-7-9-15-12(5)14(17-11(3)4)13(6)16-10-8-2/h7-11,14H,1-6H3/b9-7-,10-8-,15-12+,16-13+. The molecule has 0 atom stereocenters. The molecule has 3 heteroatoms. The molecule has 0 aromatic heterocycles. The van der Waals surface area contributed by atoms with Gasteiger partial charge in [0.05, 0.1) is 6.10 Å². The third kappa shape index (κ3) is 6.84. The second-order valence-electron chi connectivity index (χ2n) is 4.07. The first-order valence-corrected chi connectivity index (χ1v) is 5.99. The number of rotatable bonds is 6. The van der Waals surface area contributed by atoms with Crippen molar-refractivity contribution in [1.29, 1.82) is 0 Å². The zero-order chi connectivity index (χ0) is 13.3. The fourth-order valence-electron chi connectivity index (χ4n) is 1.29. The van der Waals surface area contributed by atoms with Crippen LogP contribution in [0.4, 0.5) is 0 Å². The van der Waals surface area contributed by atoms with E-state index < -0.39 is 0 Å². The summed E-state index contributed by atoms with van der Waals surface area (Å²) in [6.45, 7) is 11.8. The van der Waals surface area contributed by atoms with Crippen molar-refractivity contribution < 1.29 is 4.74 Å². The quantitative estimate of drug-likeness (QED) is 0.646. The lowest BCUT2D eigenvalue weighted by Gasteiger charge is -2.19. The second kappa shape index (κ2) is 8.88. The highest BCUT2D eigenvalue weighted by atomic mass is 16.5. The summed E-state index contributed by atoms with van der Waals surface area (Å²) < 4.78 is 5.84. The summed E-state index contributed by atoms with van der Waals surface area (Å²) in [4.78, 5) is 8.66. The van der Waals surface area contributed by atoms with Crippen LogP contribution in [0.2, 0.25) is 0 Å². The molecule has 0 aromatic rings. The number of hydrogen-bond acceptors (Lipinski definition) is 3. The van der Waals surface area contributed by atoms with Gasteiger partial charge in [-0.05, 0) is 41.5 Å². The van der Waals surface area contributed by atoms with Gasteiger partial charge in [-0.15, -0.1) is 0 Å². The lowest BCUT2D eigenvalue weighted by Crippen LogP contribution is -2.32. The molecule has 17 heavy (non-hydrogen) atoms. The molecule has 0 rings (SSSR count). The van der Waals surface area contributed by atoms with Crippen molar-refractivity contribution in [2.75, 3.05) is 0 Å². The maximum absolute atomic E-state index is 5.84. The van der Waals surface area contributed by atoms with E-state index in [1.807, 2.05) is 53.7 Å². The number of allylic oxidation sites excluding steroid dienone is 2. The van der Waals surface area contributed by atoms with Gasteiger partial charge in [0.25, 0.3) is 0 Å². The van der Waals surface area contributed by atoms with Crippen LogP contribution in [0.5, 0.6) is 0 Å². The van der Waals surface area contributed by atoms with Crippen LogP contribution in [0, 0.1) is 0 Å². The molecule has 0 fully saturated rings. The van der Waals surface area contributed by atoms with Gasteiger partial charge in [0, 0.05) is 23.8 Å². The van der Waals surface area contributed by atoms with Crippen LogP contribution in [0.3, 0.4) is 0 Å². The number of ether oxygens (including phenoxy) is 1. The maximum Gasteiger partial charge on any atom is 0.133 e. The largest absolute Gasteiger partial charge is 0.364 e. The second-order valence-corrected chi connectivity index (χ2v) is 4.07. The van der Waals surface area contributed by atoms with E-state index in [2.05, 4.69) is 9.98 Å². The molecule has 0 saturated carbocycles. The van der Waals surface area contributed by atoms with E-state index in [1.165, 1.54) is 0 Å². The molecule has 0 amide bonds. The Morgan fingerprint density at radius 1 is 0.941 bits per heavy atom. The molecule has 0 aliphatic rings. The van der Waals surface area contributed by atoms with E-state index in [-0.39, 0.29) is 12.2 Å². The molecule has 3 nitrogen and oxygen atoms in total. The van der Waals surface area contributed by atoms with Crippen molar-refractivity contribution in [3.8, 4) is 0 Å². The van der Waals surface area contributed by atoms with E-state index in [9.17, 15) is 0 Å². The Hall–Kier alpha value is -1.22. The summed E-state index contributed by atoms with van der Waals surface area (Å²) in [5.41, 5.74) is 1.84. The average Bonchev–Trinajstić information content (AvgIpc) is 2.29. The van der Waals surface area contributed by atoms with Crippen molar-refractivity contribution >= 4 is 11.4 Å². The van der Waals surface area contributed by atoms with Gasteiger partial charge in [-0.3, -0.25) is 9.98 Å². The topological polar surface area (TPSA) is 34.0 Å². The minimum absolute atomic E-state index is 0.145. The summed E-state index contributed by atoms with van der Waals surface area (Å²) in [6, 6.07) is 0. The minimum Gasteiger partial charge on any atom is -0.364 e. The maximum atomic E-state index is 5.84. The van der Waals surface area contributed by atoms with Crippen LogP contribution in [0.1, 0.15) is 41.5 Å². The van der Waals surface area contributed by atoms with E-state index in [4.69, 9.17) is 4.74 Å². The zero-order valence-corrected chi connectivity index (χ0v) is 11.8. The van der Waals surface area contributed by atoms with Gasteiger partial charge >= 0.3 is 0 Å². The van der Waals surface area contributed by atoms with E-state index in [0.29, 0.717) is 0 Å². The Labute approximate surface area is 105 Å². The fourth-order valence-corrected chi connectivity index (χ4v) is 1.29. The highest BCUT2D eigenvalue weighted by molar-refractivity contribution is 6.08. The first-order valence-electron chi connectivity index (χ1n) is 5.99. The lowest BCUT2D eigenvalue weighted by atomic mass is 10.1.